The van der Waals surface area contributed by atoms with E-state index in [1.807, 2.05) is 0 Å². The number of halogens is 6. The fourth-order valence-corrected chi connectivity index (χ4v) is 1.42. The Hall–Kier alpha value is -1.69. The van der Waals surface area contributed by atoms with Crippen LogP contribution < -0.4 is 10.4 Å². The second kappa shape index (κ2) is 7.05. The van der Waals surface area contributed by atoms with Crippen molar-refractivity contribution < 1.29 is 31.4 Å². The van der Waals surface area contributed by atoms with Crippen LogP contribution in [0.4, 0.5) is 32.3 Å². The van der Waals surface area contributed by atoms with Crippen molar-refractivity contribution in [3.8, 4) is 0 Å². The maximum Gasteiger partial charge on any atom is 0.407 e. The standard InChI is InChI=1S/C10H13F6N5O/c1-6-18-7(2-3-22)20-8(19-6)21(5-10(14,15)16)17-4-9(11,12)13/h17,22H,2-5H2,1H3. The summed E-state index contributed by atoms with van der Waals surface area (Å²) in [6, 6.07) is 0. The summed E-state index contributed by atoms with van der Waals surface area (Å²) in [4.78, 5) is 11.0. The number of rotatable bonds is 6. The Morgan fingerprint density at radius 1 is 1.05 bits per heavy atom. The molecule has 0 saturated heterocycles. The zero-order valence-electron chi connectivity index (χ0n) is 11.3. The fourth-order valence-electron chi connectivity index (χ4n) is 1.42. The van der Waals surface area contributed by atoms with Gasteiger partial charge in [0.05, 0.1) is 6.61 Å². The molecule has 0 aliphatic heterocycles. The average Bonchev–Trinajstić information content (AvgIpc) is 2.31. The number of alkyl halides is 6. The Kier molecular flexibility index (Phi) is 5.88. The van der Waals surface area contributed by atoms with Crippen LogP contribution in [0.2, 0.25) is 0 Å². The monoisotopic (exact) mass is 333 g/mol. The number of nitrogens with one attached hydrogen (secondary N) is 1. The number of nitrogens with zero attached hydrogens (tertiary/aromatic N) is 4. The van der Waals surface area contributed by atoms with Gasteiger partial charge in [-0.3, -0.25) is 5.01 Å². The predicted molar refractivity (Wildman–Crippen MR) is 62.8 cm³/mol. The molecule has 126 valence electrons. The van der Waals surface area contributed by atoms with Crippen LogP contribution in [0.1, 0.15) is 11.6 Å². The second-order valence-electron chi connectivity index (χ2n) is 4.22. The van der Waals surface area contributed by atoms with Crippen molar-refractivity contribution in [2.75, 3.05) is 24.7 Å². The molecule has 1 aromatic heterocycles. The molecule has 6 nitrogen and oxygen atoms in total. The van der Waals surface area contributed by atoms with E-state index in [1.54, 1.807) is 5.43 Å². The van der Waals surface area contributed by atoms with Gasteiger partial charge in [0, 0.05) is 6.42 Å². The number of aromatic nitrogens is 3. The van der Waals surface area contributed by atoms with Gasteiger partial charge in [0.1, 0.15) is 24.7 Å². The van der Waals surface area contributed by atoms with Gasteiger partial charge < -0.3 is 5.11 Å². The Morgan fingerprint density at radius 3 is 2.18 bits per heavy atom. The van der Waals surface area contributed by atoms with Crippen molar-refractivity contribution >= 4 is 5.95 Å². The van der Waals surface area contributed by atoms with Gasteiger partial charge in [-0.1, -0.05) is 0 Å². The maximum atomic E-state index is 12.5. The quantitative estimate of drug-likeness (QED) is 0.601. The molecule has 12 heteroatoms. The van der Waals surface area contributed by atoms with Crippen LogP contribution in [0.5, 0.6) is 0 Å². The van der Waals surface area contributed by atoms with Crippen molar-refractivity contribution in [1.82, 2.24) is 20.4 Å². The highest BCUT2D eigenvalue weighted by Crippen LogP contribution is 2.20. The summed E-state index contributed by atoms with van der Waals surface area (Å²) in [5, 5.41) is 8.93. The molecule has 2 N–H and O–H groups in total. The van der Waals surface area contributed by atoms with Gasteiger partial charge in [0.15, 0.2) is 0 Å². The third-order valence-corrected chi connectivity index (χ3v) is 2.17. The van der Waals surface area contributed by atoms with E-state index in [9.17, 15) is 26.3 Å². The number of anilines is 1. The lowest BCUT2D eigenvalue weighted by molar-refractivity contribution is -0.134. The minimum absolute atomic E-state index is 0.0222. The fraction of sp³-hybridized carbons (Fsp3) is 0.700. The van der Waals surface area contributed by atoms with E-state index in [-0.39, 0.29) is 29.7 Å². The van der Waals surface area contributed by atoms with Crippen molar-refractivity contribution in [2.24, 2.45) is 0 Å². The van der Waals surface area contributed by atoms with E-state index in [2.05, 4.69) is 15.0 Å². The van der Waals surface area contributed by atoms with Crippen LogP contribution in [0, 0.1) is 6.92 Å². The zero-order valence-corrected chi connectivity index (χ0v) is 11.3. The molecule has 1 heterocycles. The molecule has 0 spiro atoms. The van der Waals surface area contributed by atoms with Crippen LogP contribution in [0.15, 0.2) is 0 Å². The van der Waals surface area contributed by atoms with E-state index in [4.69, 9.17) is 5.11 Å². The van der Waals surface area contributed by atoms with Gasteiger partial charge in [-0.25, -0.2) is 10.4 Å². The second-order valence-corrected chi connectivity index (χ2v) is 4.22. The van der Waals surface area contributed by atoms with Crippen LogP contribution >= 0.6 is 0 Å². The molecule has 0 saturated carbocycles. The number of aliphatic hydroxyl groups is 1. The van der Waals surface area contributed by atoms with E-state index in [0.717, 1.165) is 0 Å². The summed E-state index contributed by atoms with van der Waals surface area (Å²) in [5.41, 5.74) is 1.60. The maximum absolute atomic E-state index is 12.5. The van der Waals surface area contributed by atoms with Gasteiger partial charge in [-0.15, -0.1) is 0 Å². The predicted octanol–water partition coefficient (Wildman–Crippen LogP) is 1.15. The van der Waals surface area contributed by atoms with E-state index >= 15 is 0 Å². The number of hydrogen-bond acceptors (Lipinski definition) is 6. The van der Waals surface area contributed by atoms with E-state index in [1.165, 1.54) is 6.92 Å². The molecule has 22 heavy (non-hydrogen) atoms. The summed E-state index contributed by atoms with van der Waals surface area (Å²) < 4.78 is 74.0. The van der Waals surface area contributed by atoms with Crippen molar-refractivity contribution in [3.63, 3.8) is 0 Å². The number of hydrogen-bond donors (Lipinski definition) is 2. The Morgan fingerprint density at radius 2 is 1.68 bits per heavy atom. The highest BCUT2D eigenvalue weighted by atomic mass is 19.4. The SMILES string of the molecule is Cc1nc(CCO)nc(N(CC(F)(F)F)NCC(F)(F)F)n1. The zero-order chi connectivity index (χ0) is 17.0. The molecule has 0 amide bonds. The van der Waals surface area contributed by atoms with Crippen LogP contribution in [-0.4, -0.2) is 52.1 Å². The van der Waals surface area contributed by atoms with Gasteiger partial charge >= 0.3 is 12.4 Å². The van der Waals surface area contributed by atoms with E-state index < -0.39 is 31.4 Å². The topological polar surface area (TPSA) is 74.2 Å². The summed E-state index contributed by atoms with van der Waals surface area (Å²) in [5.74, 6) is -0.599. The molecular formula is C10H13F6N5O. The summed E-state index contributed by atoms with van der Waals surface area (Å²) in [7, 11) is 0. The molecule has 0 aromatic carbocycles. The first-order chi connectivity index (χ1) is 10.00. The summed E-state index contributed by atoms with van der Waals surface area (Å²) >= 11 is 0. The molecule has 0 aliphatic carbocycles. The molecule has 1 rings (SSSR count). The lowest BCUT2D eigenvalue weighted by atomic mass is 10.4. The molecular weight excluding hydrogens is 320 g/mol. The lowest BCUT2D eigenvalue weighted by Gasteiger charge is -2.25. The highest BCUT2D eigenvalue weighted by molar-refractivity contribution is 5.28. The van der Waals surface area contributed by atoms with Crippen molar-refractivity contribution in [1.29, 1.82) is 0 Å². The number of aryl methyl sites for hydroxylation is 1. The van der Waals surface area contributed by atoms with Crippen molar-refractivity contribution in [3.05, 3.63) is 11.6 Å². The lowest BCUT2D eigenvalue weighted by Crippen LogP contribution is -2.49. The van der Waals surface area contributed by atoms with Crippen LogP contribution in [0.3, 0.4) is 0 Å². The Bertz CT molecular complexity index is 492. The number of aliphatic hydroxyl groups excluding tert-OH is 1. The van der Waals surface area contributed by atoms with Gasteiger partial charge in [0.25, 0.3) is 0 Å². The van der Waals surface area contributed by atoms with Crippen LogP contribution in [0.25, 0.3) is 0 Å². The first-order valence-corrected chi connectivity index (χ1v) is 5.97. The first kappa shape index (κ1) is 18.4. The summed E-state index contributed by atoms with van der Waals surface area (Å²) in [6.07, 6.45) is -9.54. The third kappa shape index (κ3) is 6.85. The third-order valence-electron chi connectivity index (χ3n) is 2.17. The van der Waals surface area contributed by atoms with Crippen molar-refractivity contribution in [2.45, 2.75) is 25.7 Å². The minimum Gasteiger partial charge on any atom is -0.396 e. The average molecular weight is 333 g/mol. The largest absolute Gasteiger partial charge is 0.407 e. The molecule has 0 radical (unpaired) electrons. The number of hydrazine groups is 1. The molecule has 1 aromatic rings. The highest BCUT2D eigenvalue weighted by Gasteiger charge is 2.35. The van der Waals surface area contributed by atoms with Gasteiger partial charge in [-0.05, 0) is 6.92 Å². The molecule has 0 fully saturated rings. The first-order valence-electron chi connectivity index (χ1n) is 5.97. The minimum atomic E-state index is -4.77. The normalized spacial score (nSPS) is 12.5. The van der Waals surface area contributed by atoms with Gasteiger partial charge in [-0.2, -0.15) is 36.3 Å². The smallest absolute Gasteiger partial charge is 0.396 e. The molecule has 0 unspecified atom stereocenters. The molecule has 0 atom stereocenters. The molecule has 0 aliphatic rings. The van der Waals surface area contributed by atoms with Crippen LogP contribution in [-0.2, 0) is 6.42 Å². The molecule has 0 bridgehead atoms. The van der Waals surface area contributed by atoms with Gasteiger partial charge in [0.2, 0.25) is 5.95 Å². The Labute approximate surface area is 121 Å². The summed E-state index contributed by atoms with van der Waals surface area (Å²) in [6.45, 7) is -2.41. The Balaban J connectivity index is 3.03. The van der Waals surface area contributed by atoms with E-state index in [0.29, 0.717) is 0 Å².